The van der Waals surface area contributed by atoms with Crippen molar-refractivity contribution in [3.63, 3.8) is 0 Å². The molecule has 0 saturated carbocycles. The van der Waals surface area contributed by atoms with Gasteiger partial charge in [0.15, 0.2) is 0 Å². The highest BCUT2D eigenvalue weighted by atomic mass is 79.9. The molecule has 0 bridgehead atoms. The van der Waals surface area contributed by atoms with E-state index < -0.39 is 0 Å². The predicted octanol–water partition coefficient (Wildman–Crippen LogP) is 4.91. The molecule has 0 heterocycles. The fourth-order valence-corrected chi connectivity index (χ4v) is 2.18. The van der Waals surface area contributed by atoms with Crippen molar-refractivity contribution in [3.8, 4) is 11.5 Å². The van der Waals surface area contributed by atoms with Gasteiger partial charge in [0.1, 0.15) is 11.5 Å². The Kier molecular flexibility index (Phi) is 4.27. The molecule has 0 saturated heterocycles. The van der Waals surface area contributed by atoms with E-state index in [9.17, 15) is 0 Å². The summed E-state index contributed by atoms with van der Waals surface area (Å²) in [5, 5.41) is 0.584. The lowest BCUT2D eigenvalue weighted by Crippen LogP contribution is -2.04. The van der Waals surface area contributed by atoms with Crippen LogP contribution < -0.4 is 10.5 Å². The van der Waals surface area contributed by atoms with Gasteiger partial charge >= 0.3 is 0 Å². The molecule has 0 fully saturated rings. The second kappa shape index (κ2) is 5.74. The third kappa shape index (κ3) is 3.05. The number of hydrogen-bond acceptors (Lipinski definition) is 2. The second-order valence-electron chi connectivity index (χ2n) is 4.01. The summed E-state index contributed by atoms with van der Waals surface area (Å²) in [6.07, 6.45) is 0. The number of rotatable bonds is 3. The molecule has 0 aliphatic heterocycles. The maximum absolute atomic E-state index is 6.05. The highest BCUT2D eigenvalue weighted by Crippen LogP contribution is 2.34. The molecule has 2 aromatic carbocycles. The smallest absolute Gasteiger partial charge is 0.146 e. The minimum absolute atomic E-state index is 0.00402. The summed E-state index contributed by atoms with van der Waals surface area (Å²) in [6.45, 7) is 1.94. The Balaban J connectivity index is 2.28. The molecule has 2 nitrogen and oxygen atoms in total. The van der Waals surface area contributed by atoms with Crippen LogP contribution in [0.3, 0.4) is 0 Å². The van der Waals surface area contributed by atoms with E-state index in [4.69, 9.17) is 22.1 Å². The van der Waals surface area contributed by atoms with Gasteiger partial charge in [-0.3, -0.25) is 0 Å². The number of nitrogens with two attached hydrogens (primary N) is 1. The Morgan fingerprint density at radius 3 is 2.50 bits per heavy atom. The monoisotopic (exact) mass is 325 g/mol. The Morgan fingerprint density at radius 1 is 1.17 bits per heavy atom. The number of halogens is 2. The van der Waals surface area contributed by atoms with Crippen LogP contribution >= 0.6 is 27.5 Å². The zero-order chi connectivity index (χ0) is 13.1. The lowest BCUT2D eigenvalue weighted by atomic mass is 10.1. The SMILES string of the molecule is C[C@H](N)c1ccc(Oc2ccccc2Cl)c(Br)c1. The summed E-state index contributed by atoms with van der Waals surface area (Å²) in [6, 6.07) is 13.1. The summed E-state index contributed by atoms with van der Waals surface area (Å²) in [4.78, 5) is 0. The first-order chi connectivity index (χ1) is 8.58. The molecule has 0 aliphatic rings. The van der Waals surface area contributed by atoms with E-state index in [0.29, 0.717) is 16.5 Å². The van der Waals surface area contributed by atoms with Gasteiger partial charge in [0.25, 0.3) is 0 Å². The summed E-state index contributed by atoms with van der Waals surface area (Å²) < 4.78 is 6.61. The summed E-state index contributed by atoms with van der Waals surface area (Å²) in [5.41, 5.74) is 6.88. The van der Waals surface area contributed by atoms with E-state index in [-0.39, 0.29) is 6.04 Å². The summed E-state index contributed by atoms with van der Waals surface area (Å²) in [5.74, 6) is 1.35. The van der Waals surface area contributed by atoms with Crippen molar-refractivity contribution in [1.82, 2.24) is 0 Å². The van der Waals surface area contributed by atoms with Crippen molar-refractivity contribution < 1.29 is 4.74 Å². The average Bonchev–Trinajstić information content (AvgIpc) is 2.34. The topological polar surface area (TPSA) is 35.2 Å². The number of benzene rings is 2. The Bertz CT molecular complexity index is 557. The largest absolute Gasteiger partial charge is 0.455 e. The van der Waals surface area contributed by atoms with Gasteiger partial charge in [0, 0.05) is 6.04 Å². The van der Waals surface area contributed by atoms with Crippen LogP contribution in [0.4, 0.5) is 0 Å². The molecule has 2 N–H and O–H groups in total. The molecular weight excluding hydrogens is 314 g/mol. The van der Waals surface area contributed by atoms with E-state index in [1.165, 1.54) is 0 Å². The predicted molar refractivity (Wildman–Crippen MR) is 78.3 cm³/mol. The zero-order valence-electron chi connectivity index (χ0n) is 9.86. The molecule has 2 rings (SSSR count). The Morgan fingerprint density at radius 2 is 1.89 bits per heavy atom. The van der Waals surface area contributed by atoms with Crippen molar-refractivity contribution in [2.45, 2.75) is 13.0 Å². The fourth-order valence-electron chi connectivity index (χ4n) is 1.53. The zero-order valence-corrected chi connectivity index (χ0v) is 12.2. The highest BCUT2D eigenvalue weighted by Gasteiger charge is 2.08. The van der Waals surface area contributed by atoms with Gasteiger partial charge in [-0.1, -0.05) is 29.8 Å². The standard InChI is InChI=1S/C14H13BrClNO/c1-9(17)10-6-7-13(11(15)8-10)18-14-5-3-2-4-12(14)16/h2-9H,17H2,1H3/t9-/m0/s1. The fraction of sp³-hybridized carbons (Fsp3) is 0.143. The summed E-state index contributed by atoms with van der Waals surface area (Å²) >= 11 is 9.52. The van der Waals surface area contributed by atoms with Gasteiger partial charge in [-0.05, 0) is 52.7 Å². The molecule has 94 valence electrons. The van der Waals surface area contributed by atoms with Crippen molar-refractivity contribution in [1.29, 1.82) is 0 Å². The molecule has 0 unspecified atom stereocenters. The molecular formula is C14H13BrClNO. The first kappa shape index (κ1) is 13.4. The Labute approximate surface area is 120 Å². The number of ether oxygens (including phenoxy) is 1. The van der Waals surface area contributed by atoms with Gasteiger partial charge in [-0.15, -0.1) is 0 Å². The minimum Gasteiger partial charge on any atom is -0.455 e. The van der Waals surface area contributed by atoms with Crippen molar-refractivity contribution in [2.24, 2.45) is 5.73 Å². The van der Waals surface area contributed by atoms with E-state index >= 15 is 0 Å². The maximum Gasteiger partial charge on any atom is 0.146 e. The molecule has 0 aliphatic carbocycles. The quantitative estimate of drug-likeness (QED) is 0.869. The molecule has 0 radical (unpaired) electrons. The molecule has 4 heteroatoms. The second-order valence-corrected chi connectivity index (χ2v) is 5.27. The van der Waals surface area contributed by atoms with E-state index in [2.05, 4.69) is 15.9 Å². The molecule has 2 aromatic rings. The van der Waals surface area contributed by atoms with Crippen LogP contribution in [0.25, 0.3) is 0 Å². The third-order valence-corrected chi connectivity index (χ3v) is 3.47. The molecule has 0 amide bonds. The van der Waals surface area contributed by atoms with E-state index in [1.807, 2.05) is 43.3 Å². The van der Waals surface area contributed by atoms with Crippen molar-refractivity contribution >= 4 is 27.5 Å². The third-order valence-electron chi connectivity index (χ3n) is 2.54. The maximum atomic E-state index is 6.05. The average molecular weight is 327 g/mol. The van der Waals surface area contributed by atoms with Gasteiger partial charge in [0.2, 0.25) is 0 Å². The van der Waals surface area contributed by atoms with Gasteiger partial charge in [-0.2, -0.15) is 0 Å². The first-order valence-electron chi connectivity index (χ1n) is 5.55. The van der Waals surface area contributed by atoms with Crippen LogP contribution in [0.5, 0.6) is 11.5 Å². The minimum atomic E-state index is -0.00402. The van der Waals surface area contributed by atoms with Gasteiger partial charge < -0.3 is 10.5 Å². The molecule has 1 atom stereocenters. The van der Waals surface area contributed by atoms with Crippen molar-refractivity contribution in [2.75, 3.05) is 0 Å². The van der Waals surface area contributed by atoms with Gasteiger partial charge in [0.05, 0.1) is 9.50 Å². The van der Waals surface area contributed by atoms with E-state index in [1.54, 1.807) is 6.07 Å². The first-order valence-corrected chi connectivity index (χ1v) is 6.72. The van der Waals surface area contributed by atoms with Crippen LogP contribution in [0.15, 0.2) is 46.9 Å². The summed E-state index contributed by atoms with van der Waals surface area (Å²) in [7, 11) is 0. The van der Waals surface area contributed by atoms with Crippen LogP contribution in [-0.4, -0.2) is 0 Å². The van der Waals surface area contributed by atoms with Crippen LogP contribution in [-0.2, 0) is 0 Å². The molecule has 18 heavy (non-hydrogen) atoms. The lowest BCUT2D eigenvalue weighted by molar-refractivity contribution is 0.479. The molecule has 0 aromatic heterocycles. The Hall–Kier alpha value is -1.03. The lowest BCUT2D eigenvalue weighted by Gasteiger charge is -2.12. The number of para-hydroxylation sites is 1. The highest BCUT2D eigenvalue weighted by molar-refractivity contribution is 9.10. The van der Waals surface area contributed by atoms with Crippen molar-refractivity contribution in [3.05, 3.63) is 57.5 Å². The molecule has 0 spiro atoms. The van der Waals surface area contributed by atoms with Crippen LogP contribution in [0.2, 0.25) is 5.02 Å². The number of hydrogen-bond donors (Lipinski definition) is 1. The van der Waals surface area contributed by atoms with Gasteiger partial charge in [-0.25, -0.2) is 0 Å². The van der Waals surface area contributed by atoms with Crippen LogP contribution in [0, 0.1) is 0 Å². The normalized spacial score (nSPS) is 12.2. The van der Waals surface area contributed by atoms with Crippen LogP contribution in [0.1, 0.15) is 18.5 Å². The van der Waals surface area contributed by atoms with E-state index in [0.717, 1.165) is 10.0 Å².